The van der Waals surface area contributed by atoms with Crippen molar-refractivity contribution in [2.75, 3.05) is 24.2 Å². The Morgan fingerprint density at radius 1 is 0.950 bits per heavy atom. The quantitative estimate of drug-likeness (QED) is 0.321. The first-order valence-electron chi connectivity index (χ1n) is 14.9. The maximum atomic E-state index is 12.1. The summed E-state index contributed by atoms with van der Waals surface area (Å²) in [6, 6.07) is 4.75. The van der Waals surface area contributed by atoms with Gasteiger partial charge in [0, 0.05) is 60.7 Å². The number of rotatable bonds is 7. The molecule has 5 heterocycles. The molecule has 3 aromatic rings. The highest BCUT2D eigenvalue weighted by Crippen LogP contribution is 2.45. The lowest BCUT2D eigenvalue weighted by Crippen LogP contribution is -2.51. The van der Waals surface area contributed by atoms with E-state index in [0.717, 1.165) is 43.0 Å². The fourth-order valence-corrected chi connectivity index (χ4v) is 15.6. The van der Waals surface area contributed by atoms with Gasteiger partial charge in [-0.2, -0.15) is 0 Å². The summed E-state index contributed by atoms with van der Waals surface area (Å²) in [6.07, 6.45) is 9.75. The van der Waals surface area contributed by atoms with E-state index in [4.69, 9.17) is 15.0 Å². The number of sulfonamides is 1. The zero-order valence-electron chi connectivity index (χ0n) is 25.4. The molecule has 218 valence electrons. The van der Waals surface area contributed by atoms with Crippen LogP contribution in [0.15, 0.2) is 30.9 Å². The van der Waals surface area contributed by atoms with E-state index in [-0.39, 0.29) is 12.0 Å². The van der Waals surface area contributed by atoms with Crippen LogP contribution < -0.4 is 4.90 Å². The van der Waals surface area contributed by atoms with E-state index < -0.39 is 18.3 Å². The number of hydrogen-bond acceptors (Lipinski definition) is 6. The van der Waals surface area contributed by atoms with Crippen LogP contribution >= 0.6 is 0 Å². The van der Waals surface area contributed by atoms with Crippen molar-refractivity contribution < 1.29 is 8.42 Å². The molecule has 0 amide bonds. The fourth-order valence-electron chi connectivity index (χ4n) is 8.08. The Kier molecular flexibility index (Phi) is 7.91. The number of piperidine rings is 1. The van der Waals surface area contributed by atoms with Gasteiger partial charge in [-0.05, 0) is 54.7 Å². The number of pyridine rings is 1. The smallest absolute Gasteiger partial charge is 0.211 e. The Hall–Kier alpha value is -2.30. The van der Waals surface area contributed by atoms with Crippen molar-refractivity contribution >= 4 is 35.0 Å². The van der Waals surface area contributed by atoms with Gasteiger partial charge in [-0.1, -0.05) is 41.5 Å². The molecule has 1 unspecified atom stereocenters. The zero-order valence-corrected chi connectivity index (χ0v) is 27.2. The first kappa shape index (κ1) is 29.2. The molecule has 0 saturated carbocycles. The van der Waals surface area contributed by atoms with Crippen LogP contribution in [0.25, 0.3) is 10.9 Å². The van der Waals surface area contributed by atoms with Gasteiger partial charge >= 0.3 is 0 Å². The molecule has 0 aliphatic carbocycles. The molecule has 0 radical (unpaired) electrons. The average molecular weight is 583 g/mol. The molecule has 40 heavy (non-hydrogen) atoms. The van der Waals surface area contributed by atoms with E-state index in [9.17, 15) is 8.42 Å². The van der Waals surface area contributed by atoms with Gasteiger partial charge in [0.05, 0.1) is 17.6 Å². The number of nitrogens with zero attached hydrogens (tertiary/aromatic N) is 6. The van der Waals surface area contributed by atoms with Crippen LogP contribution in [0.5, 0.6) is 0 Å². The van der Waals surface area contributed by atoms with Crippen molar-refractivity contribution in [2.45, 2.75) is 103 Å². The van der Waals surface area contributed by atoms with Crippen molar-refractivity contribution in [1.29, 1.82) is 0 Å². The number of fused-ring (bicyclic) bond motifs is 2. The Labute approximate surface area is 241 Å². The van der Waals surface area contributed by atoms with Crippen LogP contribution in [-0.4, -0.2) is 65.5 Å². The predicted molar refractivity (Wildman–Crippen MR) is 166 cm³/mol. The highest BCUT2D eigenvalue weighted by atomic mass is 32.2. The number of hydrogen-bond donors (Lipinski definition) is 0. The largest absolute Gasteiger partial charge is 0.373 e. The molecule has 1 atom stereocenters. The molecule has 0 bridgehead atoms. The highest BCUT2D eigenvalue weighted by Gasteiger charge is 2.46. The lowest BCUT2D eigenvalue weighted by Gasteiger charge is -2.44. The molecule has 1 fully saturated rings. The van der Waals surface area contributed by atoms with E-state index >= 15 is 0 Å². The van der Waals surface area contributed by atoms with Crippen LogP contribution in [0.2, 0.25) is 16.6 Å². The van der Waals surface area contributed by atoms with Gasteiger partial charge in [0.1, 0.15) is 12.1 Å². The normalized spacial score (nSPS) is 19.8. The first-order chi connectivity index (χ1) is 18.9. The summed E-state index contributed by atoms with van der Waals surface area (Å²) < 4.78 is 28.4. The Bertz CT molecular complexity index is 1450. The monoisotopic (exact) mass is 582 g/mol. The topological polar surface area (TPSA) is 84.2 Å². The van der Waals surface area contributed by atoms with Gasteiger partial charge in [-0.15, -0.1) is 0 Å². The van der Waals surface area contributed by atoms with Gasteiger partial charge in [0.15, 0.2) is 8.24 Å². The van der Waals surface area contributed by atoms with Gasteiger partial charge < -0.3 is 9.13 Å². The van der Waals surface area contributed by atoms with Crippen LogP contribution in [0.4, 0.5) is 5.82 Å². The van der Waals surface area contributed by atoms with E-state index in [1.54, 1.807) is 10.6 Å². The number of anilines is 1. The zero-order chi connectivity index (χ0) is 29.0. The van der Waals surface area contributed by atoms with Crippen molar-refractivity contribution in [3.8, 4) is 0 Å². The van der Waals surface area contributed by atoms with Crippen LogP contribution in [0, 0.1) is 0 Å². The van der Waals surface area contributed by atoms with E-state index in [1.807, 2.05) is 6.20 Å². The third kappa shape index (κ3) is 4.79. The van der Waals surface area contributed by atoms with Crippen molar-refractivity contribution in [3.05, 3.63) is 47.8 Å². The summed E-state index contributed by atoms with van der Waals surface area (Å²) in [7, 11) is -5.07. The molecule has 1 saturated heterocycles. The molecule has 3 aromatic heterocycles. The van der Waals surface area contributed by atoms with Gasteiger partial charge in [-0.3, -0.25) is 0 Å². The molecule has 0 spiro atoms. The Morgan fingerprint density at radius 2 is 1.60 bits per heavy atom. The van der Waals surface area contributed by atoms with E-state index in [1.165, 1.54) is 22.7 Å². The molecule has 0 N–H and O–H groups in total. The van der Waals surface area contributed by atoms with Crippen LogP contribution in [-0.2, 0) is 23.0 Å². The minimum Gasteiger partial charge on any atom is -0.373 e. The van der Waals surface area contributed by atoms with Crippen molar-refractivity contribution in [1.82, 2.24) is 23.5 Å². The molecule has 8 nitrogen and oxygen atoms in total. The SMILES string of the molecule is CC1Cc2ncnc(C3CCN(S(C)(=O)=O)CC3)c2CN1c1nccc2c1ccn2[Si](C(C)C)(C(C)C)C(C)C. The fraction of sp³-hybridized carbons (Fsp3) is 0.633. The second kappa shape index (κ2) is 10.8. The average Bonchev–Trinajstić information content (AvgIpc) is 3.32. The van der Waals surface area contributed by atoms with Gasteiger partial charge in [-0.25, -0.2) is 27.7 Å². The van der Waals surface area contributed by atoms with E-state index in [0.29, 0.717) is 29.7 Å². The standard InChI is InChI=1S/C30H46N6O2SSi/c1-20(2)40(21(3)4,22(5)6)36-16-12-25-28(36)9-13-31-30(25)35-18-26-27(17-23(35)7)32-19-33-29(26)24-10-14-34(15-11-24)39(8,37)38/h9,12-13,16,19-24H,10-11,14-15,17-18H2,1-8H3. The molecular formula is C30H46N6O2SSi. The second-order valence-corrected chi connectivity index (χ2v) is 20.6. The summed E-state index contributed by atoms with van der Waals surface area (Å²) >= 11 is 0. The third-order valence-corrected chi connectivity index (χ3v) is 17.9. The predicted octanol–water partition coefficient (Wildman–Crippen LogP) is 5.94. The summed E-state index contributed by atoms with van der Waals surface area (Å²) in [4.78, 5) is 16.9. The highest BCUT2D eigenvalue weighted by molar-refractivity contribution is 7.88. The Balaban J connectivity index is 1.53. The molecule has 5 rings (SSSR count). The minimum absolute atomic E-state index is 0.240. The molecule has 10 heteroatoms. The summed E-state index contributed by atoms with van der Waals surface area (Å²) in [5.74, 6) is 1.28. The lowest BCUT2D eigenvalue weighted by atomic mass is 9.88. The van der Waals surface area contributed by atoms with Gasteiger partial charge in [0.25, 0.3) is 0 Å². The summed E-state index contributed by atoms with van der Waals surface area (Å²) in [6.45, 7) is 18.5. The number of aromatic nitrogens is 4. The molecule has 0 aromatic carbocycles. The summed E-state index contributed by atoms with van der Waals surface area (Å²) in [5.41, 5.74) is 6.52. The van der Waals surface area contributed by atoms with Crippen molar-refractivity contribution in [2.24, 2.45) is 0 Å². The van der Waals surface area contributed by atoms with Crippen LogP contribution in [0.1, 0.15) is 84.2 Å². The molecule has 2 aliphatic heterocycles. The van der Waals surface area contributed by atoms with E-state index in [2.05, 4.69) is 75.9 Å². The van der Waals surface area contributed by atoms with Gasteiger partial charge in [0.2, 0.25) is 10.0 Å². The lowest BCUT2D eigenvalue weighted by molar-refractivity contribution is 0.317. The Morgan fingerprint density at radius 3 is 2.20 bits per heavy atom. The molecular weight excluding hydrogens is 537 g/mol. The molecule has 2 aliphatic rings. The summed E-state index contributed by atoms with van der Waals surface area (Å²) in [5, 5.41) is 1.22. The minimum atomic E-state index is -3.16. The maximum Gasteiger partial charge on any atom is 0.211 e. The maximum absolute atomic E-state index is 12.1. The first-order valence-corrected chi connectivity index (χ1v) is 18.9. The second-order valence-electron chi connectivity index (χ2n) is 12.9. The third-order valence-electron chi connectivity index (χ3n) is 9.79. The van der Waals surface area contributed by atoms with Crippen LogP contribution in [0.3, 0.4) is 0 Å². The van der Waals surface area contributed by atoms with Crippen molar-refractivity contribution in [3.63, 3.8) is 0 Å².